The van der Waals surface area contributed by atoms with Gasteiger partial charge in [0.2, 0.25) is 0 Å². The van der Waals surface area contributed by atoms with Crippen LogP contribution in [-0.2, 0) is 4.84 Å². The first-order valence-corrected chi connectivity index (χ1v) is 3.34. The maximum Gasteiger partial charge on any atom is 0.118 e. The van der Waals surface area contributed by atoms with E-state index in [1.54, 1.807) is 0 Å². The molecule has 2 nitrogen and oxygen atoms in total. The summed E-state index contributed by atoms with van der Waals surface area (Å²) in [5, 5.41) is 0. The van der Waals surface area contributed by atoms with Crippen molar-refractivity contribution in [1.82, 2.24) is 0 Å². The minimum Gasteiger partial charge on any atom is -0.417 e. The maximum atomic E-state index is 4.96. The monoisotopic (exact) mass is 139 g/mol. The van der Waals surface area contributed by atoms with Crippen LogP contribution in [0.25, 0.3) is 0 Å². The van der Waals surface area contributed by atoms with Crippen molar-refractivity contribution in [2.24, 2.45) is 11.3 Å². The Bertz CT molecular complexity index is 205. The van der Waals surface area contributed by atoms with E-state index in [4.69, 9.17) is 5.90 Å². The highest BCUT2D eigenvalue weighted by atomic mass is 16.6. The molecule has 0 aromatic carbocycles. The van der Waals surface area contributed by atoms with Gasteiger partial charge in [-0.15, -0.1) is 0 Å². The van der Waals surface area contributed by atoms with Gasteiger partial charge in [0.1, 0.15) is 5.76 Å². The van der Waals surface area contributed by atoms with Gasteiger partial charge in [-0.1, -0.05) is 11.6 Å². The molecule has 1 rings (SSSR count). The molecule has 0 fully saturated rings. The van der Waals surface area contributed by atoms with E-state index in [9.17, 15) is 0 Å². The number of nitrogens with two attached hydrogens (primary N) is 1. The third kappa shape index (κ3) is 1.21. The van der Waals surface area contributed by atoms with Crippen molar-refractivity contribution in [1.29, 1.82) is 0 Å². The molecule has 0 amide bonds. The second kappa shape index (κ2) is 2.13. The molecule has 0 bridgehead atoms. The maximum absolute atomic E-state index is 4.96. The molecule has 2 heteroatoms. The van der Waals surface area contributed by atoms with Gasteiger partial charge in [0.05, 0.1) is 0 Å². The summed E-state index contributed by atoms with van der Waals surface area (Å²) >= 11 is 0. The van der Waals surface area contributed by atoms with Crippen LogP contribution in [0.15, 0.2) is 23.5 Å². The van der Waals surface area contributed by atoms with Gasteiger partial charge in [-0.25, -0.2) is 0 Å². The van der Waals surface area contributed by atoms with Crippen molar-refractivity contribution in [3.8, 4) is 0 Å². The molecular formula is C8H13NO. The van der Waals surface area contributed by atoms with Gasteiger partial charge < -0.3 is 4.84 Å². The summed E-state index contributed by atoms with van der Waals surface area (Å²) in [5.41, 5.74) is 1.53. The average molecular weight is 139 g/mol. The number of rotatable bonds is 2. The summed E-state index contributed by atoms with van der Waals surface area (Å²) in [7, 11) is 0. The van der Waals surface area contributed by atoms with Gasteiger partial charge in [0, 0.05) is 5.41 Å². The van der Waals surface area contributed by atoms with Crippen molar-refractivity contribution in [3.63, 3.8) is 0 Å². The summed E-state index contributed by atoms with van der Waals surface area (Å²) in [4.78, 5) is 4.54. The Kier molecular flexibility index (Phi) is 1.57. The van der Waals surface area contributed by atoms with E-state index in [0.717, 1.165) is 5.76 Å². The topological polar surface area (TPSA) is 35.2 Å². The van der Waals surface area contributed by atoms with Gasteiger partial charge in [-0.2, -0.15) is 5.90 Å². The molecule has 1 atom stereocenters. The molecule has 0 saturated heterocycles. The minimum absolute atomic E-state index is 0.156. The molecule has 2 N–H and O–H groups in total. The summed E-state index contributed by atoms with van der Waals surface area (Å²) in [5.74, 6) is 5.73. The predicted molar refractivity (Wildman–Crippen MR) is 40.9 cm³/mol. The predicted octanol–water partition coefficient (Wildman–Crippen LogP) is 1.75. The first kappa shape index (κ1) is 7.35. The highest BCUT2D eigenvalue weighted by Crippen LogP contribution is 2.44. The van der Waals surface area contributed by atoms with Gasteiger partial charge in [-0.05, 0) is 26.8 Å². The van der Waals surface area contributed by atoms with E-state index < -0.39 is 0 Å². The zero-order valence-corrected chi connectivity index (χ0v) is 6.64. The van der Waals surface area contributed by atoms with Crippen LogP contribution < -0.4 is 5.90 Å². The molecule has 0 saturated carbocycles. The second-order valence-corrected chi connectivity index (χ2v) is 2.98. The molecule has 10 heavy (non-hydrogen) atoms. The Hall–Kier alpha value is -0.760. The van der Waals surface area contributed by atoms with Crippen molar-refractivity contribution in [2.75, 3.05) is 0 Å². The lowest BCUT2D eigenvalue weighted by Gasteiger charge is -2.05. The quantitative estimate of drug-likeness (QED) is 0.359. The van der Waals surface area contributed by atoms with Crippen molar-refractivity contribution >= 4 is 0 Å². The minimum atomic E-state index is 0.156. The van der Waals surface area contributed by atoms with Crippen LogP contribution in [-0.4, -0.2) is 0 Å². The number of allylic oxidation sites excluding steroid dienone is 4. The van der Waals surface area contributed by atoms with Crippen LogP contribution in [0.2, 0.25) is 0 Å². The summed E-state index contributed by atoms with van der Waals surface area (Å²) < 4.78 is 0. The molecule has 56 valence electrons. The highest BCUT2D eigenvalue weighted by Gasteiger charge is 2.33. The van der Waals surface area contributed by atoms with E-state index in [-0.39, 0.29) is 5.41 Å². The third-order valence-electron chi connectivity index (χ3n) is 1.97. The Morgan fingerprint density at radius 1 is 1.80 bits per heavy atom. The Morgan fingerprint density at radius 3 is 2.60 bits per heavy atom. The molecule has 1 aliphatic carbocycles. The lowest BCUT2D eigenvalue weighted by molar-refractivity contribution is 0.219. The SMILES string of the molecule is CC(=CC1(C)C=C1C)ON. The summed E-state index contributed by atoms with van der Waals surface area (Å²) in [6.45, 7) is 6.08. The van der Waals surface area contributed by atoms with E-state index in [0.29, 0.717) is 0 Å². The smallest absolute Gasteiger partial charge is 0.118 e. The van der Waals surface area contributed by atoms with Gasteiger partial charge in [0.15, 0.2) is 0 Å². The highest BCUT2D eigenvalue weighted by molar-refractivity contribution is 5.42. The van der Waals surface area contributed by atoms with Crippen molar-refractivity contribution in [3.05, 3.63) is 23.5 Å². The fraction of sp³-hybridized carbons (Fsp3) is 0.500. The lowest BCUT2D eigenvalue weighted by atomic mass is 10.0. The van der Waals surface area contributed by atoms with Crippen LogP contribution >= 0.6 is 0 Å². The zero-order valence-electron chi connectivity index (χ0n) is 6.64. The standard InChI is InChI=1S/C8H13NO/c1-6-4-8(6,3)5-7(2)10-9/h4-5H,9H2,1-3H3. The second-order valence-electron chi connectivity index (χ2n) is 2.98. The van der Waals surface area contributed by atoms with Crippen LogP contribution in [0.4, 0.5) is 0 Å². The Balaban J connectivity index is 2.55. The van der Waals surface area contributed by atoms with Gasteiger partial charge in [0.25, 0.3) is 0 Å². The number of hydrogen-bond donors (Lipinski definition) is 1. The van der Waals surface area contributed by atoms with Crippen molar-refractivity contribution in [2.45, 2.75) is 20.8 Å². The molecule has 0 spiro atoms. The molecule has 0 aliphatic heterocycles. The molecular weight excluding hydrogens is 126 g/mol. The average Bonchev–Trinajstić information content (AvgIpc) is 2.40. The first-order chi connectivity index (χ1) is 4.58. The lowest BCUT2D eigenvalue weighted by Crippen LogP contribution is -2.00. The fourth-order valence-electron chi connectivity index (χ4n) is 1.03. The normalized spacial score (nSPS) is 31.6. The molecule has 1 aliphatic rings. The zero-order chi connectivity index (χ0) is 7.78. The molecule has 0 radical (unpaired) electrons. The van der Waals surface area contributed by atoms with E-state index in [1.807, 2.05) is 13.0 Å². The van der Waals surface area contributed by atoms with Crippen LogP contribution in [0.5, 0.6) is 0 Å². The summed E-state index contributed by atoms with van der Waals surface area (Å²) in [6, 6.07) is 0. The van der Waals surface area contributed by atoms with Gasteiger partial charge in [-0.3, -0.25) is 0 Å². The first-order valence-electron chi connectivity index (χ1n) is 3.34. The molecule has 0 aromatic rings. The van der Waals surface area contributed by atoms with Crippen LogP contribution in [0, 0.1) is 5.41 Å². The summed E-state index contributed by atoms with van der Waals surface area (Å²) in [6.07, 6.45) is 4.19. The Labute approximate surface area is 61.3 Å². The molecule has 0 heterocycles. The molecule has 1 unspecified atom stereocenters. The Morgan fingerprint density at radius 2 is 2.30 bits per heavy atom. The fourth-order valence-corrected chi connectivity index (χ4v) is 1.03. The van der Waals surface area contributed by atoms with Crippen LogP contribution in [0.1, 0.15) is 20.8 Å². The van der Waals surface area contributed by atoms with E-state index in [2.05, 4.69) is 24.8 Å². The largest absolute Gasteiger partial charge is 0.417 e. The number of hydrogen-bond acceptors (Lipinski definition) is 2. The third-order valence-corrected chi connectivity index (χ3v) is 1.97. The van der Waals surface area contributed by atoms with E-state index >= 15 is 0 Å². The van der Waals surface area contributed by atoms with Crippen LogP contribution in [0.3, 0.4) is 0 Å². The van der Waals surface area contributed by atoms with E-state index in [1.165, 1.54) is 5.57 Å². The van der Waals surface area contributed by atoms with Crippen molar-refractivity contribution < 1.29 is 4.84 Å². The molecule has 0 aromatic heterocycles. The van der Waals surface area contributed by atoms with Gasteiger partial charge >= 0.3 is 0 Å².